The molecule has 0 bridgehead atoms. The van der Waals surface area contributed by atoms with E-state index in [9.17, 15) is 0 Å². The van der Waals surface area contributed by atoms with Crippen molar-refractivity contribution in [2.24, 2.45) is 0 Å². The van der Waals surface area contributed by atoms with Crippen LogP contribution < -0.4 is 10.1 Å². The maximum atomic E-state index is 6.36. The first-order valence-corrected chi connectivity index (χ1v) is 9.59. The molecular formula is C20H31N3O. The largest absolute Gasteiger partial charge is 0.487 e. The van der Waals surface area contributed by atoms with Crippen molar-refractivity contribution < 1.29 is 4.74 Å². The summed E-state index contributed by atoms with van der Waals surface area (Å²) in [6.07, 6.45) is 4.87. The number of nitrogens with zero attached hydrogens (tertiary/aromatic N) is 2. The minimum Gasteiger partial charge on any atom is -0.487 e. The summed E-state index contributed by atoms with van der Waals surface area (Å²) >= 11 is 0. The molecule has 4 rings (SSSR count). The molecular weight excluding hydrogens is 298 g/mol. The van der Waals surface area contributed by atoms with Crippen LogP contribution in [0.25, 0.3) is 0 Å². The molecule has 0 aromatic heterocycles. The monoisotopic (exact) mass is 329 g/mol. The van der Waals surface area contributed by atoms with Crippen LogP contribution in [0.5, 0.6) is 5.75 Å². The molecule has 0 amide bonds. The molecule has 1 saturated heterocycles. The van der Waals surface area contributed by atoms with Crippen LogP contribution in [0.2, 0.25) is 0 Å². The summed E-state index contributed by atoms with van der Waals surface area (Å²) in [6, 6.07) is 9.64. The number of likely N-dealkylation sites (N-methyl/N-ethyl adjacent to an activating group) is 1. The molecule has 0 unspecified atom stereocenters. The number of fused-ring (bicyclic) bond motifs is 1. The lowest BCUT2D eigenvalue weighted by Crippen LogP contribution is -2.53. The average Bonchev–Trinajstić information content (AvgIpc) is 2.58. The van der Waals surface area contributed by atoms with Gasteiger partial charge in [-0.25, -0.2) is 0 Å². The van der Waals surface area contributed by atoms with E-state index in [1.165, 1.54) is 51.0 Å². The van der Waals surface area contributed by atoms with Crippen LogP contribution in [0, 0.1) is 0 Å². The van der Waals surface area contributed by atoms with Gasteiger partial charge in [-0.2, -0.15) is 0 Å². The van der Waals surface area contributed by atoms with E-state index < -0.39 is 0 Å². The Morgan fingerprint density at radius 2 is 1.96 bits per heavy atom. The van der Waals surface area contributed by atoms with E-state index in [1.54, 1.807) is 0 Å². The van der Waals surface area contributed by atoms with Gasteiger partial charge in [-0.05, 0) is 39.3 Å². The van der Waals surface area contributed by atoms with Gasteiger partial charge in [-0.15, -0.1) is 0 Å². The maximum absolute atomic E-state index is 6.36. The number of hydrogen-bond donors (Lipinski definition) is 1. The normalized spacial score (nSPS) is 28.0. The molecule has 4 nitrogen and oxygen atoms in total. The number of hydrogen-bond acceptors (Lipinski definition) is 4. The Labute approximate surface area is 146 Å². The molecule has 2 heterocycles. The SMILES string of the molecule is C[C@@H](CN[C@@H]1CC2(CCC2)Oc2ccccc21)N1CCN(C)CC1. The lowest BCUT2D eigenvalue weighted by Gasteiger charge is -2.48. The standard InChI is InChI=1S/C20H31N3O/c1-16(23-12-10-22(2)11-13-23)15-21-18-14-20(8-5-9-20)24-19-7-4-3-6-17(18)19/h3-4,6-7,16,18,21H,5,8-15H2,1-2H3/t16-,18+/m0/s1. The molecule has 2 fully saturated rings. The fourth-order valence-corrected chi connectivity index (χ4v) is 4.38. The molecule has 1 aromatic rings. The van der Waals surface area contributed by atoms with Gasteiger partial charge in [-0.3, -0.25) is 4.90 Å². The number of para-hydroxylation sites is 1. The van der Waals surface area contributed by atoms with E-state index in [4.69, 9.17) is 4.74 Å². The highest BCUT2D eigenvalue weighted by Gasteiger charge is 2.45. The molecule has 1 aliphatic carbocycles. The van der Waals surface area contributed by atoms with E-state index in [0.717, 1.165) is 18.7 Å². The van der Waals surface area contributed by atoms with E-state index >= 15 is 0 Å². The first-order valence-electron chi connectivity index (χ1n) is 9.59. The number of ether oxygens (including phenoxy) is 1. The highest BCUT2D eigenvalue weighted by Crippen LogP contribution is 2.48. The molecule has 1 spiro atoms. The first-order chi connectivity index (χ1) is 11.7. The molecule has 2 atom stereocenters. The second-order valence-electron chi connectivity index (χ2n) is 8.03. The van der Waals surface area contributed by atoms with Crippen molar-refractivity contribution in [3.8, 4) is 5.75 Å². The topological polar surface area (TPSA) is 27.7 Å². The van der Waals surface area contributed by atoms with Crippen molar-refractivity contribution >= 4 is 0 Å². The zero-order chi connectivity index (χ0) is 16.6. The summed E-state index contributed by atoms with van der Waals surface area (Å²) in [7, 11) is 2.22. The van der Waals surface area contributed by atoms with Crippen molar-refractivity contribution in [2.75, 3.05) is 39.8 Å². The van der Waals surface area contributed by atoms with Crippen molar-refractivity contribution in [3.63, 3.8) is 0 Å². The van der Waals surface area contributed by atoms with Gasteiger partial charge in [-0.1, -0.05) is 18.2 Å². The summed E-state index contributed by atoms with van der Waals surface area (Å²) < 4.78 is 6.36. The van der Waals surface area contributed by atoms with Crippen LogP contribution >= 0.6 is 0 Å². The van der Waals surface area contributed by atoms with Gasteiger partial charge in [0.15, 0.2) is 0 Å². The number of piperazine rings is 1. The summed E-state index contributed by atoms with van der Waals surface area (Å²) in [6.45, 7) is 8.17. The molecule has 1 N–H and O–H groups in total. The van der Waals surface area contributed by atoms with Crippen molar-refractivity contribution in [2.45, 2.75) is 50.3 Å². The zero-order valence-electron chi connectivity index (χ0n) is 15.1. The predicted molar refractivity (Wildman–Crippen MR) is 97.5 cm³/mol. The molecule has 132 valence electrons. The minimum atomic E-state index is 0.114. The van der Waals surface area contributed by atoms with E-state index in [1.807, 2.05) is 0 Å². The van der Waals surface area contributed by atoms with Gasteiger partial charge in [0.2, 0.25) is 0 Å². The van der Waals surface area contributed by atoms with Crippen LogP contribution in [0.3, 0.4) is 0 Å². The predicted octanol–water partition coefficient (Wildman–Crippen LogP) is 2.66. The Balaban J connectivity index is 1.40. The van der Waals surface area contributed by atoms with Crippen LogP contribution in [-0.2, 0) is 0 Å². The zero-order valence-corrected chi connectivity index (χ0v) is 15.1. The quantitative estimate of drug-likeness (QED) is 0.919. The summed E-state index contributed by atoms with van der Waals surface area (Å²) in [4.78, 5) is 5.04. The first kappa shape index (κ1) is 16.4. The lowest BCUT2D eigenvalue weighted by atomic mass is 9.73. The number of nitrogens with one attached hydrogen (secondary N) is 1. The van der Waals surface area contributed by atoms with E-state index in [0.29, 0.717) is 12.1 Å². The van der Waals surface area contributed by atoms with Crippen molar-refractivity contribution in [1.29, 1.82) is 0 Å². The minimum absolute atomic E-state index is 0.114. The highest BCUT2D eigenvalue weighted by atomic mass is 16.5. The van der Waals surface area contributed by atoms with Crippen LogP contribution in [-0.4, -0.2) is 61.2 Å². The summed E-state index contributed by atoms with van der Waals surface area (Å²) in [5.74, 6) is 1.10. The number of benzene rings is 1. The van der Waals surface area contributed by atoms with Crippen molar-refractivity contribution in [1.82, 2.24) is 15.1 Å². The highest BCUT2D eigenvalue weighted by molar-refractivity contribution is 5.39. The van der Waals surface area contributed by atoms with Crippen LogP contribution in [0.4, 0.5) is 0 Å². The molecule has 1 aromatic carbocycles. The van der Waals surface area contributed by atoms with Gasteiger partial charge in [0.25, 0.3) is 0 Å². The molecule has 1 saturated carbocycles. The fourth-order valence-electron chi connectivity index (χ4n) is 4.38. The van der Waals surface area contributed by atoms with Crippen LogP contribution in [0.15, 0.2) is 24.3 Å². The summed E-state index contributed by atoms with van der Waals surface area (Å²) in [5, 5.41) is 3.87. The van der Waals surface area contributed by atoms with E-state index in [2.05, 4.69) is 53.4 Å². The van der Waals surface area contributed by atoms with Crippen LogP contribution in [0.1, 0.15) is 44.2 Å². The smallest absolute Gasteiger partial charge is 0.124 e. The third kappa shape index (κ3) is 3.19. The van der Waals surface area contributed by atoms with Gasteiger partial charge in [0.05, 0.1) is 0 Å². The molecule has 2 aliphatic heterocycles. The Hall–Kier alpha value is -1.10. The van der Waals surface area contributed by atoms with Gasteiger partial charge in [0.1, 0.15) is 11.4 Å². The third-order valence-electron chi connectivity index (χ3n) is 6.28. The second kappa shape index (κ2) is 6.66. The number of rotatable bonds is 4. The third-order valence-corrected chi connectivity index (χ3v) is 6.28. The van der Waals surface area contributed by atoms with Crippen molar-refractivity contribution in [3.05, 3.63) is 29.8 Å². The average molecular weight is 329 g/mol. The Kier molecular flexibility index (Phi) is 4.54. The Morgan fingerprint density at radius 3 is 2.67 bits per heavy atom. The second-order valence-corrected chi connectivity index (χ2v) is 8.03. The summed E-state index contributed by atoms with van der Waals surface area (Å²) in [5.41, 5.74) is 1.46. The van der Waals surface area contributed by atoms with Gasteiger partial charge < -0.3 is 15.0 Å². The molecule has 4 heteroatoms. The van der Waals surface area contributed by atoms with Gasteiger partial charge >= 0.3 is 0 Å². The van der Waals surface area contributed by atoms with E-state index in [-0.39, 0.29) is 5.60 Å². The Morgan fingerprint density at radius 1 is 1.21 bits per heavy atom. The maximum Gasteiger partial charge on any atom is 0.124 e. The molecule has 0 radical (unpaired) electrons. The molecule has 24 heavy (non-hydrogen) atoms. The Bertz CT molecular complexity index is 564. The lowest BCUT2D eigenvalue weighted by molar-refractivity contribution is -0.0375. The fraction of sp³-hybridized carbons (Fsp3) is 0.700. The van der Waals surface area contributed by atoms with Gasteiger partial charge in [0, 0.05) is 56.8 Å². The molecule has 3 aliphatic rings.